The lowest BCUT2D eigenvalue weighted by Gasteiger charge is -2.30. The van der Waals surface area contributed by atoms with Crippen molar-refractivity contribution in [2.75, 3.05) is 10.8 Å². The number of carboxylic acids is 1. The van der Waals surface area contributed by atoms with Gasteiger partial charge in [-0.15, -0.1) is 11.3 Å². The number of amides is 1. The van der Waals surface area contributed by atoms with Gasteiger partial charge in [0.1, 0.15) is 4.88 Å². The zero-order valence-corrected chi connectivity index (χ0v) is 17.4. The third-order valence-electron chi connectivity index (χ3n) is 4.44. The molecule has 1 aromatic heterocycles. The Kier molecular flexibility index (Phi) is 6.48. The summed E-state index contributed by atoms with van der Waals surface area (Å²) in [4.78, 5) is 25.1. The van der Waals surface area contributed by atoms with Crippen LogP contribution >= 0.6 is 11.3 Å². The number of hydrogen-bond donors (Lipinski definition) is 2. The van der Waals surface area contributed by atoms with Gasteiger partial charge < -0.3 is 10.8 Å². The van der Waals surface area contributed by atoms with E-state index in [9.17, 15) is 18.0 Å². The maximum Gasteiger partial charge on any atom is 0.347 e. The molecule has 0 unspecified atom stereocenters. The molecule has 0 saturated heterocycles. The van der Waals surface area contributed by atoms with Crippen LogP contribution in [0.3, 0.4) is 0 Å². The highest BCUT2D eigenvalue weighted by Crippen LogP contribution is 2.31. The zero-order valence-electron chi connectivity index (χ0n) is 15.8. The van der Waals surface area contributed by atoms with Gasteiger partial charge in [-0.25, -0.2) is 13.2 Å². The SMILES string of the molecule is NC(=O)c1ccc(S(=O)(=O)N2CCCc3ccccc32)cc1.O=C(O)c1cncs1. The molecule has 4 rings (SSSR count). The molecule has 3 aromatic rings. The Morgan fingerprint density at radius 1 is 1.10 bits per heavy atom. The van der Waals surface area contributed by atoms with Gasteiger partial charge in [-0.1, -0.05) is 18.2 Å². The molecule has 2 heterocycles. The van der Waals surface area contributed by atoms with E-state index >= 15 is 0 Å². The Balaban J connectivity index is 0.000000269. The van der Waals surface area contributed by atoms with Crippen molar-refractivity contribution in [1.82, 2.24) is 4.98 Å². The number of carbonyl (C=O) groups excluding carboxylic acids is 1. The van der Waals surface area contributed by atoms with Gasteiger partial charge >= 0.3 is 5.97 Å². The molecule has 1 aliphatic rings. The summed E-state index contributed by atoms with van der Waals surface area (Å²) in [7, 11) is -3.64. The number of aryl methyl sites for hydroxylation is 1. The van der Waals surface area contributed by atoms with Crippen LogP contribution in [0, 0.1) is 0 Å². The Bertz CT molecular complexity index is 1140. The Hall–Kier alpha value is -3.24. The normalized spacial score (nSPS) is 13.0. The standard InChI is InChI=1S/C16H16N2O3S.C4H3NO2S/c17-16(19)13-7-9-14(10-8-13)22(20,21)18-11-3-5-12-4-1-2-6-15(12)18;6-4(7)3-1-5-2-8-3/h1-2,4,6-10H,3,5,11H2,(H2,17,19);1-2H,(H,6,7). The van der Waals surface area contributed by atoms with Crippen molar-refractivity contribution >= 4 is 38.9 Å². The summed E-state index contributed by atoms with van der Waals surface area (Å²) in [5.41, 5.74) is 8.72. The largest absolute Gasteiger partial charge is 0.477 e. The fraction of sp³-hybridized carbons (Fsp3) is 0.150. The maximum absolute atomic E-state index is 12.8. The summed E-state index contributed by atoms with van der Waals surface area (Å²) in [5.74, 6) is -1.49. The molecule has 8 nitrogen and oxygen atoms in total. The lowest BCUT2D eigenvalue weighted by Crippen LogP contribution is -2.35. The minimum Gasteiger partial charge on any atom is -0.477 e. The molecule has 0 spiro atoms. The molecule has 1 aliphatic heterocycles. The fourth-order valence-corrected chi connectivity index (χ4v) is 4.99. The Morgan fingerprint density at radius 2 is 1.80 bits per heavy atom. The molecule has 0 aliphatic carbocycles. The number of carbonyl (C=O) groups is 2. The quantitative estimate of drug-likeness (QED) is 0.635. The molecule has 156 valence electrons. The van der Waals surface area contributed by atoms with E-state index in [4.69, 9.17) is 10.8 Å². The van der Waals surface area contributed by atoms with Crippen LogP contribution in [0.15, 0.2) is 65.1 Å². The van der Waals surface area contributed by atoms with Crippen molar-refractivity contribution < 1.29 is 23.1 Å². The molecule has 2 aromatic carbocycles. The van der Waals surface area contributed by atoms with Crippen LogP contribution in [0.5, 0.6) is 0 Å². The van der Waals surface area contributed by atoms with Crippen molar-refractivity contribution in [1.29, 1.82) is 0 Å². The molecule has 30 heavy (non-hydrogen) atoms. The molecular formula is C20H19N3O5S2. The highest BCUT2D eigenvalue weighted by molar-refractivity contribution is 7.92. The third-order valence-corrected chi connectivity index (χ3v) is 7.03. The molecular weight excluding hydrogens is 426 g/mol. The summed E-state index contributed by atoms with van der Waals surface area (Å²) >= 11 is 1.12. The molecule has 1 amide bonds. The van der Waals surface area contributed by atoms with Crippen LogP contribution in [-0.2, 0) is 16.4 Å². The highest BCUT2D eigenvalue weighted by Gasteiger charge is 2.28. The number of nitrogens with two attached hydrogens (primary N) is 1. The third kappa shape index (κ3) is 4.66. The first-order valence-corrected chi connectivity index (χ1v) is 11.2. The van der Waals surface area contributed by atoms with E-state index in [1.807, 2.05) is 24.3 Å². The van der Waals surface area contributed by atoms with Crippen molar-refractivity contribution in [3.8, 4) is 0 Å². The van der Waals surface area contributed by atoms with E-state index in [-0.39, 0.29) is 15.3 Å². The number of para-hydroxylation sites is 1. The first-order chi connectivity index (χ1) is 14.3. The fourth-order valence-electron chi connectivity index (χ4n) is 2.99. The number of aromatic carboxylic acids is 1. The van der Waals surface area contributed by atoms with Gasteiger partial charge in [0.2, 0.25) is 5.91 Å². The van der Waals surface area contributed by atoms with E-state index < -0.39 is 21.9 Å². The average Bonchev–Trinajstić information content (AvgIpc) is 3.29. The molecule has 0 fully saturated rings. The summed E-state index contributed by atoms with van der Waals surface area (Å²) in [6, 6.07) is 13.2. The number of primary amides is 1. The monoisotopic (exact) mass is 445 g/mol. The summed E-state index contributed by atoms with van der Waals surface area (Å²) in [6.45, 7) is 0.455. The van der Waals surface area contributed by atoms with Crippen molar-refractivity contribution in [2.24, 2.45) is 5.73 Å². The van der Waals surface area contributed by atoms with Gasteiger partial charge in [0.15, 0.2) is 0 Å². The van der Waals surface area contributed by atoms with Crippen molar-refractivity contribution in [3.63, 3.8) is 0 Å². The lowest BCUT2D eigenvalue weighted by molar-refractivity contribution is 0.0701. The van der Waals surface area contributed by atoms with Crippen LogP contribution in [0.1, 0.15) is 32.0 Å². The molecule has 0 radical (unpaired) electrons. The predicted octanol–water partition coefficient (Wildman–Crippen LogP) is 2.77. The van der Waals surface area contributed by atoms with E-state index in [1.165, 1.54) is 40.3 Å². The summed E-state index contributed by atoms with van der Waals surface area (Å²) in [5, 5.41) is 8.24. The van der Waals surface area contributed by atoms with Gasteiger partial charge in [-0.05, 0) is 48.7 Å². The molecule has 0 bridgehead atoms. The minimum atomic E-state index is -3.64. The van der Waals surface area contributed by atoms with Crippen molar-refractivity contribution in [3.05, 3.63) is 76.2 Å². The number of rotatable bonds is 4. The maximum atomic E-state index is 12.8. The highest BCUT2D eigenvalue weighted by atomic mass is 32.2. The van der Waals surface area contributed by atoms with Crippen LogP contribution in [0.4, 0.5) is 5.69 Å². The molecule has 0 atom stereocenters. The minimum absolute atomic E-state index is 0.161. The summed E-state index contributed by atoms with van der Waals surface area (Å²) < 4.78 is 27.1. The van der Waals surface area contributed by atoms with Crippen molar-refractivity contribution in [2.45, 2.75) is 17.7 Å². The van der Waals surface area contributed by atoms with Crippen LogP contribution in [-0.4, -0.2) is 36.9 Å². The average molecular weight is 446 g/mol. The van der Waals surface area contributed by atoms with Crippen LogP contribution < -0.4 is 10.0 Å². The molecule has 3 N–H and O–H groups in total. The zero-order chi connectivity index (χ0) is 21.7. The van der Waals surface area contributed by atoms with E-state index in [1.54, 1.807) is 0 Å². The second-order valence-corrected chi connectivity index (χ2v) is 9.12. The topological polar surface area (TPSA) is 131 Å². The predicted molar refractivity (Wildman–Crippen MR) is 113 cm³/mol. The second-order valence-electron chi connectivity index (χ2n) is 6.37. The number of fused-ring (bicyclic) bond motifs is 1. The summed E-state index contributed by atoms with van der Waals surface area (Å²) in [6.07, 6.45) is 2.99. The van der Waals surface area contributed by atoms with Gasteiger partial charge in [-0.2, -0.15) is 0 Å². The molecule has 0 saturated carbocycles. The number of anilines is 1. The van der Waals surface area contributed by atoms with E-state index in [2.05, 4.69) is 4.98 Å². The first-order valence-electron chi connectivity index (χ1n) is 8.93. The molecule has 10 heteroatoms. The number of thiazole rings is 1. The van der Waals surface area contributed by atoms with Crippen LogP contribution in [0.25, 0.3) is 0 Å². The van der Waals surface area contributed by atoms with E-state index in [0.29, 0.717) is 6.54 Å². The lowest BCUT2D eigenvalue weighted by atomic mass is 10.0. The number of carboxylic acid groups (broad SMARTS) is 1. The second kappa shape index (κ2) is 9.06. The number of benzene rings is 2. The van der Waals surface area contributed by atoms with Gasteiger partial charge in [0.05, 0.1) is 22.3 Å². The Morgan fingerprint density at radius 3 is 2.37 bits per heavy atom. The number of aromatic nitrogens is 1. The first kappa shape index (κ1) is 21.5. The number of hydrogen-bond acceptors (Lipinski definition) is 6. The Labute approximate surface area is 177 Å². The number of sulfonamides is 1. The van der Waals surface area contributed by atoms with Crippen LogP contribution in [0.2, 0.25) is 0 Å². The van der Waals surface area contributed by atoms with E-state index in [0.717, 1.165) is 35.4 Å². The smallest absolute Gasteiger partial charge is 0.347 e. The van der Waals surface area contributed by atoms with Gasteiger partial charge in [0, 0.05) is 12.1 Å². The number of nitrogens with zero attached hydrogens (tertiary/aromatic N) is 2. The van der Waals surface area contributed by atoms with Gasteiger partial charge in [-0.3, -0.25) is 14.1 Å². The van der Waals surface area contributed by atoms with Gasteiger partial charge in [0.25, 0.3) is 10.0 Å².